The van der Waals surface area contributed by atoms with E-state index in [1.807, 2.05) is 13.8 Å². The number of aliphatic hydroxyl groups excluding tert-OH is 2. The van der Waals surface area contributed by atoms with Gasteiger partial charge in [0, 0.05) is 56.8 Å². The van der Waals surface area contributed by atoms with E-state index in [9.17, 15) is 5.11 Å². The molecule has 1 radical (unpaired) electrons. The summed E-state index contributed by atoms with van der Waals surface area (Å²) in [4.78, 5) is 0. The third-order valence-electron chi connectivity index (χ3n) is 3.52. The van der Waals surface area contributed by atoms with Crippen LogP contribution in [0, 0.1) is 61.8 Å². The molecule has 4 heteroatoms. The Morgan fingerprint density at radius 2 is 1.93 bits per heavy atom. The molecule has 1 fully saturated rings. The minimum atomic E-state index is -0.559. The van der Waals surface area contributed by atoms with Crippen LogP contribution in [-0.4, -0.2) is 29.0 Å². The Kier molecular flexibility index (Phi) is 7.45. The second-order valence-corrected chi connectivity index (χ2v) is 4.22. The SMILES string of the molecule is CCC1CC(CO)C(C)C(O)C1[NH-].[Ac]. The fourth-order valence-corrected chi connectivity index (χ4v) is 2.30. The number of aliphatic hydroxyl groups is 2. The van der Waals surface area contributed by atoms with Gasteiger partial charge < -0.3 is 15.9 Å². The van der Waals surface area contributed by atoms with Gasteiger partial charge in [0.2, 0.25) is 0 Å². The van der Waals surface area contributed by atoms with E-state index >= 15 is 0 Å². The van der Waals surface area contributed by atoms with Gasteiger partial charge in [-0.15, -0.1) is 6.04 Å². The van der Waals surface area contributed by atoms with Gasteiger partial charge >= 0.3 is 0 Å². The van der Waals surface area contributed by atoms with Crippen molar-refractivity contribution in [1.29, 1.82) is 0 Å². The third-order valence-corrected chi connectivity index (χ3v) is 3.52. The zero-order valence-electron chi connectivity index (χ0n) is 8.98. The Morgan fingerprint density at radius 3 is 2.36 bits per heavy atom. The van der Waals surface area contributed by atoms with Crippen LogP contribution in [0.4, 0.5) is 0 Å². The summed E-state index contributed by atoms with van der Waals surface area (Å²) in [6.07, 6.45) is 1.25. The molecule has 0 aromatic heterocycles. The van der Waals surface area contributed by atoms with E-state index < -0.39 is 6.10 Å². The maximum Gasteiger partial charge on any atom is 0.0462 e. The van der Waals surface area contributed by atoms with Gasteiger partial charge in [0.25, 0.3) is 0 Å². The van der Waals surface area contributed by atoms with E-state index in [1.54, 1.807) is 0 Å². The molecule has 0 aromatic carbocycles. The molecule has 1 rings (SSSR count). The van der Waals surface area contributed by atoms with Gasteiger partial charge in [0.1, 0.15) is 0 Å². The van der Waals surface area contributed by atoms with Crippen LogP contribution < -0.4 is 0 Å². The normalized spacial score (nSPS) is 43.1. The molecule has 0 bridgehead atoms. The summed E-state index contributed by atoms with van der Waals surface area (Å²) >= 11 is 0. The van der Waals surface area contributed by atoms with Crippen LogP contribution in [-0.2, 0) is 0 Å². The van der Waals surface area contributed by atoms with E-state index in [0.29, 0.717) is 0 Å². The maximum atomic E-state index is 9.75. The molecule has 1 saturated carbocycles. The average molecular weight is 413 g/mol. The molecule has 1 aliphatic carbocycles. The summed E-state index contributed by atoms with van der Waals surface area (Å²) < 4.78 is 0. The van der Waals surface area contributed by atoms with Gasteiger partial charge in [-0.25, -0.2) is 0 Å². The van der Waals surface area contributed by atoms with Crippen LogP contribution in [0.25, 0.3) is 5.73 Å². The van der Waals surface area contributed by atoms with Crippen molar-refractivity contribution in [3.63, 3.8) is 0 Å². The molecular weight excluding hydrogens is 393 g/mol. The first-order valence-corrected chi connectivity index (χ1v) is 5.11. The number of hydrogen-bond donors (Lipinski definition) is 2. The minimum Gasteiger partial charge on any atom is -0.672 e. The predicted octanol–water partition coefficient (Wildman–Crippen LogP) is 1.44. The summed E-state index contributed by atoms with van der Waals surface area (Å²) in [5, 5.41) is 18.9. The van der Waals surface area contributed by atoms with Crippen molar-refractivity contribution in [2.24, 2.45) is 17.8 Å². The average Bonchev–Trinajstić information content (AvgIpc) is 2.15. The summed E-state index contributed by atoms with van der Waals surface area (Å²) in [6, 6.07) is -0.359. The Bertz CT molecular complexity index is 148. The molecule has 0 heterocycles. The monoisotopic (exact) mass is 413 g/mol. The van der Waals surface area contributed by atoms with Crippen LogP contribution in [0.3, 0.4) is 0 Å². The molecule has 81 valence electrons. The second kappa shape index (κ2) is 6.81. The van der Waals surface area contributed by atoms with Gasteiger partial charge in [0.15, 0.2) is 0 Å². The van der Waals surface area contributed by atoms with Crippen molar-refractivity contribution in [2.45, 2.75) is 38.8 Å². The van der Waals surface area contributed by atoms with E-state index in [2.05, 4.69) is 0 Å². The zero-order valence-corrected chi connectivity index (χ0v) is 13.7. The quantitative estimate of drug-likeness (QED) is 0.720. The molecule has 0 spiro atoms. The first kappa shape index (κ1) is 15.3. The molecule has 3 N–H and O–H groups in total. The van der Waals surface area contributed by atoms with Crippen LogP contribution in [0.15, 0.2) is 0 Å². The third kappa shape index (κ3) is 3.15. The number of rotatable bonds is 2. The molecular formula is C10H20AcNO2-. The van der Waals surface area contributed by atoms with E-state index in [1.165, 1.54) is 0 Å². The largest absolute Gasteiger partial charge is 0.672 e. The first-order chi connectivity index (χ1) is 6.11. The van der Waals surface area contributed by atoms with E-state index in [4.69, 9.17) is 10.8 Å². The first-order valence-electron chi connectivity index (χ1n) is 5.11. The fourth-order valence-electron chi connectivity index (χ4n) is 2.30. The van der Waals surface area contributed by atoms with Crippen molar-refractivity contribution in [3.8, 4) is 0 Å². The minimum absolute atomic E-state index is 0. The molecule has 0 aliphatic heterocycles. The molecule has 0 saturated heterocycles. The number of nitrogens with one attached hydrogen (secondary N) is 1. The van der Waals surface area contributed by atoms with Crippen LogP contribution in [0.2, 0.25) is 0 Å². The van der Waals surface area contributed by atoms with Gasteiger partial charge in [-0.05, 0) is 18.3 Å². The van der Waals surface area contributed by atoms with Gasteiger partial charge in [-0.1, -0.05) is 26.2 Å². The summed E-state index contributed by atoms with van der Waals surface area (Å²) in [7, 11) is 0. The molecule has 14 heavy (non-hydrogen) atoms. The maximum absolute atomic E-state index is 9.75. The van der Waals surface area contributed by atoms with Crippen LogP contribution in [0.5, 0.6) is 0 Å². The summed E-state index contributed by atoms with van der Waals surface area (Å²) in [5.74, 6) is 0.500. The topological polar surface area (TPSA) is 64.3 Å². The van der Waals surface area contributed by atoms with E-state index in [0.717, 1.165) is 12.8 Å². The standard InChI is InChI=1S/C10H20NO2.Ac/c1-3-7-4-8(5-12)6(2)10(13)9(7)11;/h6-13H,3-5H2,1-2H3;/q-1;. The predicted molar refractivity (Wildman–Crippen MR) is 52.3 cm³/mol. The molecule has 5 atom stereocenters. The molecule has 3 nitrogen and oxygen atoms in total. The van der Waals surface area contributed by atoms with Crippen molar-refractivity contribution in [3.05, 3.63) is 5.73 Å². The van der Waals surface area contributed by atoms with Crippen molar-refractivity contribution in [2.75, 3.05) is 6.61 Å². The second-order valence-electron chi connectivity index (χ2n) is 4.22. The Hall–Kier alpha value is 1.32. The van der Waals surface area contributed by atoms with Crippen molar-refractivity contribution < 1.29 is 54.3 Å². The molecule has 1 aliphatic rings. The van der Waals surface area contributed by atoms with Gasteiger partial charge in [-0.2, -0.15) is 0 Å². The van der Waals surface area contributed by atoms with Crippen LogP contribution >= 0.6 is 0 Å². The van der Waals surface area contributed by atoms with Gasteiger partial charge in [0.05, 0.1) is 0 Å². The van der Waals surface area contributed by atoms with E-state index in [-0.39, 0.29) is 74.5 Å². The van der Waals surface area contributed by atoms with Crippen LogP contribution in [0.1, 0.15) is 26.7 Å². The Balaban J connectivity index is 0.00000169. The van der Waals surface area contributed by atoms with Gasteiger partial charge in [-0.3, -0.25) is 0 Å². The molecule has 0 amide bonds. The Morgan fingerprint density at radius 1 is 1.36 bits per heavy atom. The van der Waals surface area contributed by atoms with Crippen molar-refractivity contribution >= 4 is 0 Å². The molecule has 5 unspecified atom stereocenters. The number of hydrogen-bond acceptors (Lipinski definition) is 2. The van der Waals surface area contributed by atoms with Crippen molar-refractivity contribution in [1.82, 2.24) is 0 Å². The zero-order chi connectivity index (χ0) is 10.0. The summed E-state index contributed by atoms with van der Waals surface area (Å²) in [5.41, 5.74) is 7.80. The molecule has 0 aromatic rings. The smallest absolute Gasteiger partial charge is 0.0462 e. The Labute approximate surface area is 122 Å². The fraction of sp³-hybridized carbons (Fsp3) is 1.00. The summed E-state index contributed by atoms with van der Waals surface area (Å²) in [6.45, 7) is 4.11.